The normalized spacial score (nSPS) is 20.7. The first-order valence-electron chi connectivity index (χ1n) is 4.98. The molecule has 1 rings (SSSR count). The van der Waals surface area contributed by atoms with Gasteiger partial charge in [0, 0.05) is 0 Å². The second kappa shape index (κ2) is 5.44. The molecule has 1 amide bonds. The number of nitrogens with one attached hydrogen (secondary N) is 1. The number of ether oxygens (including phenoxy) is 1. The number of rotatable bonds is 6. The van der Waals surface area contributed by atoms with Gasteiger partial charge in [-0.15, -0.1) is 0 Å². The monoisotopic (exact) mass is 256 g/mol. The summed E-state index contributed by atoms with van der Waals surface area (Å²) in [6, 6.07) is -0.552. The van der Waals surface area contributed by atoms with Crippen molar-refractivity contribution in [2.24, 2.45) is 4.99 Å². The molecule has 0 radical (unpaired) electrons. The Morgan fingerprint density at radius 1 is 1.53 bits per heavy atom. The molecule has 0 aromatic rings. The lowest BCUT2D eigenvalue weighted by atomic mass is 10.2. The van der Waals surface area contributed by atoms with E-state index in [1.165, 1.54) is 0 Å². The highest BCUT2D eigenvalue weighted by Gasteiger charge is 2.41. The molecular formula is C9H12F4N2O2. The van der Waals surface area contributed by atoms with Gasteiger partial charge in [-0.25, -0.2) is 8.78 Å². The van der Waals surface area contributed by atoms with E-state index in [4.69, 9.17) is 0 Å². The number of hydrogen-bond acceptors (Lipinski definition) is 3. The lowest BCUT2D eigenvalue weighted by molar-refractivity contribution is -0.162. The maximum Gasteiger partial charge on any atom is 0.330 e. The van der Waals surface area contributed by atoms with Crippen molar-refractivity contribution in [2.45, 2.75) is 31.7 Å². The van der Waals surface area contributed by atoms with Crippen LogP contribution in [0.1, 0.15) is 13.3 Å². The van der Waals surface area contributed by atoms with Crippen LogP contribution in [0.15, 0.2) is 4.99 Å². The lowest BCUT2D eigenvalue weighted by Crippen LogP contribution is -2.35. The Labute approximate surface area is 95.0 Å². The summed E-state index contributed by atoms with van der Waals surface area (Å²) in [7, 11) is 0. The van der Waals surface area contributed by atoms with Gasteiger partial charge in [0.2, 0.25) is 5.91 Å². The van der Waals surface area contributed by atoms with E-state index < -0.39 is 31.6 Å². The zero-order valence-electron chi connectivity index (χ0n) is 9.05. The third kappa shape index (κ3) is 3.65. The van der Waals surface area contributed by atoms with Crippen molar-refractivity contribution >= 4 is 11.7 Å². The summed E-state index contributed by atoms with van der Waals surface area (Å²) in [4.78, 5) is 15.0. The van der Waals surface area contributed by atoms with Crippen LogP contribution in [0, 0.1) is 0 Å². The molecule has 0 spiro atoms. The summed E-state index contributed by atoms with van der Waals surface area (Å²) in [6.07, 6.45) is -3.30. The molecule has 1 atom stereocenters. The van der Waals surface area contributed by atoms with Crippen LogP contribution in [0.4, 0.5) is 17.6 Å². The van der Waals surface area contributed by atoms with E-state index in [-0.39, 0.29) is 11.7 Å². The zero-order chi connectivity index (χ0) is 13.1. The molecule has 1 unspecified atom stereocenters. The van der Waals surface area contributed by atoms with Gasteiger partial charge in [-0.05, 0) is 6.42 Å². The van der Waals surface area contributed by atoms with Crippen molar-refractivity contribution in [2.75, 3.05) is 13.2 Å². The van der Waals surface area contributed by atoms with Crippen molar-refractivity contribution in [3.63, 3.8) is 0 Å². The summed E-state index contributed by atoms with van der Waals surface area (Å²) in [6.45, 7) is -0.0800. The van der Waals surface area contributed by atoms with Crippen molar-refractivity contribution in [1.29, 1.82) is 0 Å². The Balaban J connectivity index is 2.36. The Morgan fingerprint density at radius 2 is 2.18 bits per heavy atom. The Hall–Kier alpha value is -1.18. The van der Waals surface area contributed by atoms with Gasteiger partial charge in [-0.3, -0.25) is 9.79 Å². The van der Waals surface area contributed by atoms with Gasteiger partial charge in [0.25, 0.3) is 0 Å². The van der Waals surface area contributed by atoms with Gasteiger partial charge >= 0.3 is 12.3 Å². The highest BCUT2D eigenvalue weighted by atomic mass is 19.3. The first-order valence-corrected chi connectivity index (χ1v) is 4.98. The minimum absolute atomic E-state index is 0.0897. The number of alkyl halides is 4. The molecule has 98 valence electrons. The Kier molecular flexibility index (Phi) is 4.44. The predicted molar refractivity (Wildman–Crippen MR) is 51.4 cm³/mol. The van der Waals surface area contributed by atoms with Gasteiger partial charge in [-0.1, -0.05) is 6.92 Å². The van der Waals surface area contributed by atoms with Crippen LogP contribution in [-0.4, -0.2) is 43.3 Å². The fourth-order valence-electron chi connectivity index (χ4n) is 1.20. The van der Waals surface area contributed by atoms with E-state index in [1.54, 1.807) is 6.92 Å². The predicted octanol–water partition coefficient (Wildman–Crippen LogP) is 1.21. The molecule has 0 aromatic heterocycles. The average Bonchev–Trinajstić information content (AvgIpc) is 2.58. The van der Waals surface area contributed by atoms with Crippen molar-refractivity contribution in [1.82, 2.24) is 5.32 Å². The summed E-state index contributed by atoms with van der Waals surface area (Å²) in [5, 5.41) is 2.32. The maximum absolute atomic E-state index is 12.4. The van der Waals surface area contributed by atoms with Gasteiger partial charge in [-0.2, -0.15) is 8.78 Å². The number of hydrogen-bond donors (Lipinski definition) is 1. The Bertz CT molecular complexity index is 320. The third-order valence-electron chi connectivity index (χ3n) is 2.12. The molecule has 0 aromatic carbocycles. The number of aliphatic imine (C=N–C) groups is 1. The van der Waals surface area contributed by atoms with Crippen LogP contribution in [0.25, 0.3) is 0 Å². The van der Waals surface area contributed by atoms with Crippen LogP contribution >= 0.6 is 0 Å². The quantitative estimate of drug-likeness (QED) is 0.726. The van der Waals surface area contributed by atoms with Crippen LogP contribution < -0.4 is 5.32 Å². The maximum atomic E-state index is 12.4. The van der Waals surface area contributed by atoms with E-state index in [2.05, 4.69) is 15.0 Å². The van der Waals surface area contributed by atoms with Crippen LogP contribution in [-0.2, 0) is 9.53 Å². The highest BCUT2D eigenvalue weighted by molar-refractivity contribution is 6.06. The molecule has 0 saturated heterocycles. The molecule has 8 heteroatoms. The standard InChI is InChI=1S/C9H12F4N2O2/c1-2-5-7(16)15-6(14-5)3-17-4-9(12,13)8(10)11/h5,8H,2-4H2,1H3,(H,14,15,16). The molecule has 4 nitrogen and oxygen atoms in total. The number of nitrogens with zero attached hydrogens (tertiary/aromatic N) is 1. The lowest BCUT2D eigenvalue weighted by Gasteiger charge is -2.14. The zero-order valence-corrected chi connectivity index (χ0v) is 9.05. The topological polar surface area (TPSA) is 50.7 Å². The molecule has 0 bridgehead atoms. The smallest absolute Gasteiger partial charge is 0.330 e. The minimum atomic E-state index is -4.19. The number of amidine groups is 1. The van der Waals surface area contributed by atoms with Crippen LogP contribution in [0.3, 0.4) is 0 Å². The molecule has 1 N–H and O–H groups in total. The first-order chi connectivity index (χ1) is 7.86. The summed E-state index contributed by atoms with van der Waals surface area (Å²) in [5.41, 5.74) is 0. The van der Waals surface area contributed by atoms with E-state index in [1.807, 2.05) is 0 Å². The number of carbonyl (C=O) groups is 1. The fraction of sp³-hybridized carbons (Fsp3) is 0.778. The van der Waals surface area contributed by atoms with Crippen LogP contribution in [0.2, 0.25) is 0 Å². The van der Waals surface area contributed by atoms with Crippen molar-refractivity contribution in [3.05, 3.63) is 0 Å². The van der Waals surface area contributed by atoms with E-state index >= 15 is 0 Å². The van der Waals surface area contributed by atoms with E-state index in [9.17, 15) is 22.4 Å². The van der Waals surface area contributed by atoms with Crippen molar-refractivity contribution in [3.8, 4) is 0 Å². The van der Waals surface area contributed by atoms with Crippen molar-refractivity contribution < 1.29 is 27.1 Å². The molecule has 0 saturated carbocycles. The largest absolute Gasteiger partial charge is 0.367 e. The SMILES string of the molecule is CCC1N=C(COCC(F)(F)C(F)F)NC1=O. The molecule has 17 heavy (non-hydrogen) atoms. The van der Waals surface area contributed by atoms with Gasteiger partial charge in [0.05, 0.1) is 0 Å². The summed E-state index contributed by atoms with van der Waals surface area (Å²) >= 11 is 0. The molecule has 0 fully saturated rings. The summed E-state index contributed by atoms with van der Waals surface area (Å²) < 4.78 is 52.8. The second-order valence-corrected chi connectivity index (χ2v) is 3.54. The number of halogens is 4. The average molecular weight is 256 g/mol. The number of amides is 1. The Morgan fingerprint density at radius 3 is 2.65 bits per heavy atom. The molecule has 1 aliphatic heterocycles. The molecule has 1 heterocycles. The molecule has 1 aliphatic rings. The van der Waals surface area contributed by atoms with Gasteiger partial charge in [0.1, 0.15) is 25.1 Å². The van der Waals surface area contributed by atoms with E-state index in [0.29, 0.717) is 6.42 Å². The first kappa shape index (κ1) is 13.9. The molecule has 0 aliphatic carbocycles. The highest BCUT2D eigenvalue weighted by Crippen LogP contribution is 2.22. The minimum Gasteiger partial charge on any atom is -0.367 e. The van der Waals surface area contributed by atoms with Gasteiger partial charge in [0.15, 0.2) is 0 Å². The third-order valence-corrected chi connectivity index (χ3v) is 2.12. The fourth-order valence-corrected chi connectivity index (χ4v) is 1.20. The van der Waals surface area contributed by atoms with E-state index in [0.717, 1.165) is 0 Å². The van der Waals surface area contributed by atoms with Gasteiger partial charge < -0.3 is 10.1 Å². The van der Waals surface area contributed by atoms with Crippen LogP contribution in [0.5, 0.6) is 0 Å². The summed E-state index contributed by atoms with van der Waals surface area (Å²) in [5.74, 6) is -4.44. The number of carbonyl (C=O) groups excluding carboxylic acids is 1. The molecular weight excluding hydrogens is 244 g/mol. The second-order valence-electron chi connectivity index (χ2n) is 3.54.